The van der Waals surface area contributed by atoms with Gasteiger partial charge in [-0.3, -0.25) is 0 Å². The van der Waals surface area contributed by atoms with Gasteiger partial charge in [0.1, 0.15) is 0 Å². The van der Waals surface area contributed by atoms with Crippen molar-refractivity contribution in [3.63, 3.8) is 0 Å². The Labute approximate surface area is 178 Å². The van der Waals surface area contributed by atoms with E-state index in [1.807, 2.05) is 12.1 Å². The minimum Gasteiger partial charge on any atom is -0.250 e. The van der Waals surface area contributed by atoms with Crippen molar-refractivity contribution in [3.8, 4) is 34.7 Å². The molecule has 0 saturated heterocycles. The van der Waals surface area contributed by atoms with Gasteiger partial charge in [-0.15, -0.1) is 0 Å². The van der Waals surface area contributed by atoms with Crippen molar-refractivity contribution in [2.75, 3.05) is 0 Å². The minimum atomic E-state index is -0.803. The molecule has 32 heavy (non-hydrogen) atoms. The van der Waals surface area contributed by atoms with Crippen LogP contribution in [0.5, 0.6) is 0 Å². The molecule has 2 aliphatic rings. The Morgan fingerprint density at radius 2 is 1.25 bits per heavy atom. The van der Waals surface area contributed by atoms with Gasteiger partial charge in [0.15, 0.2) is 0 Å². The second-order valence-corrected chi connectivity index (χ2v) is 6.93. The topological polar surface area (TPSA) is 108 Å². The maximum atomic E-state index is 13.8. The summed E-state index contributed by atoms with van der Waals surface area (Å²) in [4.78, 5) is 22.7. The molecule has 2 heterocycles. The van der Waals surface area contributed by atoms with E-state index in [-0.39, 0.29) is 57.4 Å². The van der Waals surface area contributed by atoms with Crippen LogP contribution in [0.1, 0.15) is 22.5 Å². The first-order chi connectivity index (χ1) is 15.5. The molecule has 0 aliphatic heterocycles. The van der Waals surface area contributed by atoms with E-state index >= 15 is 0 Å². The summed E-state index contributed by atoms with van der Waals surface area (Å²) in [7, 11) is 0. The number of benzene rings is 1. The Balaban J connectivity index is 2.13. The van der Waals surface area contributed by atoms with Crippen molar-refractivity contribution in [1.29, 1.82) is 10.5 Å². The Morgan fingerprint density at radius 3 is 1.66 bits per heavy atom. The lowest BCUT2D eigenvalue weighted by molar-refractivity contribution is 0.572. The van der Waals surface area contributed by atoms with E-state index in [1.54, 1.807) is 0 Å². The monoisotopic (exact) mass is 420 g/mol. The summed E-state index contributed by atoms with van der Waals surface area (Å²) < 4.78 is 27.6. The molecule has 0 N–H and O–H groups in total. The van der Waals surface area contributed by atoms with Crippen LogP contribution < -0.4 is 10.4 Å². The molecule has 0 bridgehead atoms. The number of aromatic nitrogens is 4. The van der Waals surface area contributed by atoms with Crippen LogP contribution >= 0.6 is 0 Å². The normalized spacial score (nSPS) is 11.7. The first-order valence-corrected chi connectivity index (χ1v) is 9.07. The molecular weight excluding hydrogens is 414 g/mol. The molecule has 0 radical (unpaired) electrons. The highest BCUT2D eigenvalue weighted by Gasteiger charge is 2.34. The summed E-state index contributed by atoms with van der Waals surface area (Å²) >= 11 is 0. The van der Waals surface area contributed by atoms with Gasteiger partial charge < -0.3 is 0 Å². The number of hydrogen-bond donors (Lipinski definition) is 0. The third kappa shape index (κ3) is 2.41. The molecule has 0 saturated carbocycles. The zero-order chi connectivity index (χ0) is 22.6. The highest BCUT2D eigenvalue weighted by Crippen LogP contribution is 2.37. The smallest absolute Gasteiger partial charge is 0.250 e. The van der Waals surface area contributed by atoms with E-state index < -0.39 is 11.9 Å². The molecule has 2 aromatic heterocycles. The first kappa shape index (κ1) is 18.9. The van der Waals surface area contributed by atoms with Gasteiger partial charge in [-0.25, -0.2) is 40.1 Å². The molecule has 3 aromatic rings. The molecule has 0 spiro atoms. The van der Waals surface area contributed by atoms with Crippen LogP contribution in [-0.4, -0.2) is 19.9 Å². The average molecular weight is 420 g/mol. The van der Waals surface area contributed by atoms with Gasteiger partial charge in [-0.05, 0) is 11.1 Å². The molecule has 10 heteroatoms. The van der Waals surface area contributed by atoms with E-state index in [2.05, 4.69) is 29.6 Å². The average Bonchev–Trinajstić information content (AvgIpc) is 3.33. The molecule has 0 unspecified atom stereocenters. The molecule has 0 amide bonds. The van der Waals surface area contributed by atoms with Crippen molar-refractivity contribution in [3.05, 3.63) is 80.1 Å². The zero-order valence-electron chi connectivity index (χ0n) is 15.9. The quantitative estimate of drug-likeness (QED) is 0.354. The molecule has 1 aromatic carbocycles. The van der Waals surface area contributed by atoms with E-state index in [4.69, 9.17) is 13.1 Å². The second kappa shape index (κ2) is 6.74. The summed E-state index contributed by atoms with van der Waals surface area (Å²) in [5.74, 6) is -1.61. The first-order valence-electron chi connectivity index (χ1n) is 9.07. The molecule has 2 aliphatic carbocycles. The Hall–Kier alpha value is -5.06. The lowest BCUT2D eigenvalue weighted by Gasteiger charge is -2.12. The van der Waals surface area contributed by atoms with E-state index in [0.29, 0.717) is 22.3 Å². The Morgan fingerprint density at radius 1 is 0.812 bits per heavy atom. The van der Waals surface area contributed by atoms with Crippen LogP contribution in [0.15, 0.2) is 12.4 Å². The van der Waals surface area contributed by atoms with E-state index in [0.717, 1.165) is 12.4 Å². The number of hydrogen-bond acceptors (Lipinski definition) is 6. The fraction of sp³-hybridized carbons (Fsp3) is 0.0909. The number of halogens is 2. The standard InChI is InChI=1S/C22H6F2N8/c1-27-13(5-25)17-9-3-11-21(29-7-15(23)31-11)18(9)20(14(6-26)28-2)19-10(17)4-12-22(19)30-8-16(24)32-12/h7-8H,3-4H2. The maximum absolute atomic E-state index is 13.8. The van der Waals surface area contributed by atoms with Crippen LogP contribution in [0.2, 0.25) is 0 Å². The van der Waals surface area contributed by atoms with Gasteiger partial charge in [-0.2, -0.15) is 8.78 Å². The lowest BCUT2D eigenvalue weighted by Crippen LogP contribution is -2.26. The van der Waals surface area contributed by atoms with Crippen LogP contribution in [0, 0.1) is 47.7 Å². The minimum absolute atomic E-state index is 0.0496. The molecule has 8 nitrogen and oxygen atoms in total. The van der Waals surface area contributed by atoms with Crippen LogP contribution in [0.4, 0.5) is 8.78 Å². The molecule has 5 rings (SSSR count). The van der Waals surface area contributed by atoms with Crippen molar-refractivity contribution in [1.82, 2.24) is 19.9 Å². The summed E-state index contributed by atoms with van der Waals surface area (Å²) in [5, 5.41) is 19.8. The van der Waals surface area contributed by atoms with Gasteiger partial charge in [0.25, 0.3) is 11.4 Å². The molecule has 0 atom stereocenters. The zero-order valence-corrected chi connectivity index (χ0v) is 15.9. The highest BCUT2D eigenvalue weighted by atomic mass is 19.1. The number of nitriles is 2. The fourth-order valence-corrected chi connectivity index (χ4v) is 4.34. The van der Waals surface area contributed by atoms with Crippen molar-refractivity contribution >= 4 is 11.4 Å². The van der Waals surface area contributed by atoms with Gasteiger partial charge >= 0.3 is 0 Å². The predicted molar refractivity (Wildman–Crippen MR) is 105 cm³/mol. The third-order valence-corrected chi connectivity index (χ3v) is 5.41. The fourth-order valence-electron chi connectivity index (χ4n) is 4.34. The summed E-state index contributed by atoms with van der Waals surface area (Å²) in [6.07, 6.45) is 1.94. The molecular formula is C22H6F2N8. The SMILES string of the molecule is [C-]#[N+]C(C#N)=c1c2c(c(=C(C#N)[N+]#[C-])c3c1Cc1nc(F)cnc1-3)-c1ncc(F)nc1C2. The third-order valence-electron chi connectivity index (χ3n) is 5.41. The lowest BCUT2D eigenvalue weighted by atomic mass is 9.92. The number of rotatable bonds is 0. The Kier molecular flexibility index (Phi) is 3.99. The van der Waals surface area contributed by atoms with Gasteiger partial charge in [0.2, 0.25) is 11.9 Å². The summed E-state index contributed by atoms with van der Waals surface area (Å²) in [5.41, 5.74) is 2.06. The van der Waals surface area contributed by atoms with E-state index in [9.17, 15) is 19.3 Å². The van der Waals surface area contributed by atoms with Crippen molar-refractivity contribution < 1.29 is 8.78 Å². The molecule has 148 valence electrons. The van der Waals surface area contributed by atoms with E-state index in [1.165, 1.54) is 0 Å². The van der Waals surface area contributed by atoms with Gasteiger partial charge in [0.05, 0.1) is 60.5 Å². The predicted octanol–water partition coefficient (Wildman–Crippen LogP) is 1.79. The number of nitrogens with zero attached hydrogens (tertiary/aromatic N) is 8. The van der Waals surface area contributed by atoms with Crippen molar-refractivity contribution in [2.24, 2.45) is 0 Å². The Bertz CT molecular complexity index is 1580. The summed E-state index contributed by atoms with van der Waals surface area (Å²) in [6.45, 7) is 15.0. The van der Waals surface area contributed by atoms with Gasteiger partial charge in [0, 0.05) is 34.4 Å². The van der Waals surface area contributed by atoms with Crippen LogP contribution in [0.25, 0.3) is 43.6 Å². The van der Waals surface area contributed by atoms with Crippen molar-refractivity contribution in [2.45, 2.75) is 12.8 Å². The molecule has 0 fully saturated rings. The van der Waals surface area contributed by atoms with Crippen LogP contribution in [0.3, 0.4) is 0 Å². The highest BCUT2D eigenvalue weighted by molar-refractivity contribution is 5.90. The maximum Gasteiger partial charge on any atom is 0.270 e. The second-order valence-electron chi connectivity index (χ2n) is 6.93. The number of fused-ring (bicyclic) bond motifs is 6. The largest absolute Gasteiger partial charge is 0.270 e. The summed E-state index contributed by atoms with van der Waals surface area (Å²) in [6, 6.07) is 3.76. The van der Waals surface area contributed by atoms with Crippen LogP contribution in [-0.2, 0) is 12.8 Å². The van der Waals surface area contributed by atoms with Gasteiger partial charge in [-0.1, -0.05) is 0 Å².